The molecule has 0 bridgehead atoms. The molecule has 1 aliphatic rings. The Bertz CT molecular complexity index is 1020. The summed E-state index contributed by atoms with van der Waals surface area (Å²) >= 11 is 0. The summed E-state index contributed by atoms with van der Waals surface area (Å²) < 4.78 is 7.12. The first kappa shape index (κ1) is 17.3. The van der Waals surface area contributed by atoms with E-state index in [1.807, 2.05) is 31.2 Å². The number of nitrogens with zero attached hydrogens (tertiary/aromatic N) is 4. The van der Waals surface area contributed by atoms with E-state index in [9.17, 15) is 9.59 Å². The minimum Gasteiger partial charge on any atom is -0.376 e. The van der Waals surface area contributed by atoms with E-state index in [0.717, 1.165) is 30.6 Å². The van der Waals surface area contributed by atoms with Crippen molar-refractivity contribution in [2.45, 2.75) is 39.0 Å². The minimum atomic E-state index is -0.487. The van der Waals surface area contributed by atoms with Gasteiger partial charge >= 0.3 is 0 Å². The zero-order chi connectivity index (χ0) is 18.8. The van der Waals surface area contributed by atoms with Crippen molar-refractivity contribution in [3.8, 4) is 0 Å². The lowest BCUT2D eigenvalue weighted by Gasteiger charge is -2.09. The number of nitrogens with one attached hydrogen (secondary N) is 2. The van der Waals surface area contributed by atoms with E-state index in [-0.39, 0.29) is 23.1 Å². The average Bonchev–Trinajstić information content (AvgIpc) is 3.32. The Kier molecular flexibility index (Phi) is 4.68. The highest BCUT2D eigenvalue weighted by atomic mass is 16.5. The van der Waals surface area contributed by atoms with Crippen LogP contribution in [0, 0.1) is 6.92 Å². The number of hydrogen-bond acceptors (Lipinski definition) is 6. The van der Waals surface area contributed by atoms with Crippen LogP contribution in [0.2, 0.25) is 0 Å². The summed E-state index contributed by atoms with van der Waals surface area (Å²) in [6.07, 6.45) is 1.95. The largest absolute Gasteiger partial charge is 0.376 e. The summed E-state index contributed by atoms with van der Waals surface area (Å²) in [5, 5.41) is 10.6. The Morgan fingerprint density at radius 1 is 1.37 bits per heavy atom. The Morgan fingerprint density at radius 2 is 2.19 bits per heavy atom. The maximum Gasteiger partial charge on any atom is 0.287 e. The maximum absolute atomic E-state index is 12.4. The van der Waals surface area contributed by atoms with Gasteiger partial charge in [0.25, 0.3) is 11.5 Å². The molecule has 1 fully saturated rings. The maximum atomic E-state index is 12.4. The quantitative estimate of drug-likeness (QED) is 0.692. The number of hydrogen-bond donors (Lipinski definition) is 2. The molecule has 140 valence electrons. The molecule has 3 aromatic rings. The van der Waals surface area contributed by atoms with Crippen LogP contribution in [0.3, 0.4) is 0 Å². The molecule has 9 nitrogen and oxygen atoms in total. The van der Waals surface area contributed by atoms with Gasteiger partial charge in [0, 0.05) is 13.2 Å². The van der Waals surface area contributed by atoms with Crippen molar-refractivity contribution < 1.29 is 9.53 Å². The van der Waals surface area contributed by atoms with Gasteiger partial charge in [0.2, 0.25) is 5.82 Å². The molecular weight excluding hydrogens is 348 g/mol. The highest BCUT2D eigenvalue weighted by Gasteiger charge is 2.21. The molecule has 1 amide bonds. The molecule has 1 aliphatic heterocycles. The lowest BCUT2D eigenvalue weighted by atomic mass is 10.1. The molecule has 3 heterocycles. The van der Waals surface area contributed by atoms with Crippen LogP contribution in [-0.4, -0.2) is 43.6 Å². The fourth-order valence-corrected chi connectivity index (χ4v) is 3.05. The zero-order valence-electron chi connectivity index (χ0n) is 14.9. The second-order valence-electron chi connectivity index (χ2n) is 6.66. The lowest BCUT2D eigenvalue weighted by molar-refractivity contribution is 0.0938. The van der Waals surface area contributed by atoms with Crippen LogP contribution in [0.1, 0.15) is 34.6 Å². The van der Waals surface area contributed by atoms with Gasteiger partial charge in [-0.15, -0.1) is 5.10 Å². The zero-order valence-corrected chi connectivity index (χ0v) is 14.9. The van der Waals surface area contributed by atoms with Crippen molar-refractivity contribution in [1.82, 2.24) is 30.3 Å². The molecule has 1 unspecified atom stereocenters. The van der Waals surface area contributed by atoms with Gasteiger partial charge in [-0.2, -0.15) is 0 Å². The normalized spacial score (nSPS) is 16.7. The first-order chi connectivity index (χ1) is 13.1. The first-order valence-electron chi connectivity index (χ1n) is 8.89. The van der Waals surface area contributed by atoms with Crippen molar-refractivity contribution in [3.05, 3.63) is 51.6 Å². The number of benzene rings is 1. The van der Waals surface area contributed by atoms with E-state index >= 15 is 0 Å². The standard InChI is InChI=1S/C18H20N6O3/c1-11-4-6-12(7-5-11)9-19-18(26)15-20-16-14(17(25)21-15)22-23-24(16)10-13-3-2-8-27-13/h4-7,13H,2-3,8-10H2,1H3,(H,19,26)(H,20,21,25). The fraction of sp³-hybridized carbons (Fsp3) is 0.389. The number of aromatic nitrogens is 5. The monoisotopic (exact) mass is 368 g/mol. The predicted molar refractivity (Wildman–Crippen MR) is 97.3 cm³/mol. The topological polar surface area (TPSA) is 115 Å². The molecule has 1 aromatic carbocycles. The Labute approximate surface area is 154 Å². The van der Waals surface area contributed by atoms with E-state index in [2.05, 4.69) is 25.6 Å². The van der Waals surface area contributed by atoms with Gasteiger partial charge in [-0.3, -0.25) is 9.59 Å². The number of carbonyl (C=O) groups excluding carboxylic acids is 1. The predicted octanol–water partition coefficient (Wildman–Crippen LogP) is 0.932. The average molecular weight is 368 g/mol. The van der Waals surface area contributed by atoms with Crippen LogP contribution in [0.15, 0.2) is 29.1 Å². The molecule has 0 aliphatic carbocycles. The number of amides is 1. The third kappa shape index (κ3) is 3.72. The number of fused-ring (bicyclic) bond motifs is 1. The van der Waals surface area contributed by atoms with Gasteiger partial charge in [0.15, 0.2) is 11.2 Å². The Morgan fingerprint density at radius 3 is 2.93 bits per heavy atom. The number of H-pyrrole nitrogens is 1. The number of rotatable bonds is 5. The molecule has 2 aromatic heterocycles. The highest BCUT2D eigenvalue weighted by molar-refractivity contribution is 5.91. The summed E-state index contributed by atoms with van der Waals surface area (Å²) in [5.41, 5.74) is 2.02. The third-order valence-electron chi connectivity index (χ3n) is 4.56. The fourth-order valence-electron chi connectivity index (χ4n) is 3.05. The minimum absolute atomic E-state index is 0.0230. The Balaban J connectivity index is 1.54. The molecule has 9 heteroatoms. The molecule has 0 saturated carbocycles. The summed E-state index contributed by atoms with van der Waals surface area (Å²) in [6.45, 7) is 3.52. The van der Waals surface area contributed by atoms with Crippen LogP contribution in [-0.2, 0) is 17.8 Å². The summed E-state index contributed by atoms with van der Waals surface area (Å²) in [7, 11) is 0. The third-order valence-corrected chi connectivity index (χ3v) is 4.56. The van der Waals surface area contributed by atoms with Gasteiger partial charge in [0.05, 0.1) is 12.6 Å². The van der Waals surface area contributed by atoms with Crippen molar-refractivity contribution >= 4 is 17.1 Å². The van der Waals surface area contributed by atoms with Crippen LogP contribution in [0.25, 0.3) is 11.2 Å². The van der Waals surface area contributed by atoms with Gasteiger partial charge in [-0.25, -0.2) is 9.67 Å². The molecule has 1 saturated heterocycles. The number of ether oxygens (including phenoxy) is 1. The summed E-state index contributed by atoms with van der Waals surface area (Å²) in [6, 6.07) is 7.83. The van der Waals surface area contributed by atoms with Crippen molar-refractivity contribution in [1.29, 1.82) is 0 Å². The molecule has 0 spiro atoms. The molecule has 27 heavy (non-hydrogen) atoms. The molecule has 2 N–H and O–H groups in total. The number of aromatic amines is 1. The number of carbonyl (C=O) groups is 1. The Hall–Kier alpha value is -3.07. The van der Waals surface area contributed by atoms with Crippen LogP contribution in [0.5, 0.6) is 0 Å². The van der Waals surface area contributed by atoms with E-state index in [1.165, 1.54) is 4.68 Å². The molecule has 4 rings (SSSR count). The highest BCUT2D eigenvalue weighted by Crippen LogP contribution is 2.15. The molecule has 1 atom stereocenters. The van der Waals surface area contributed by atoms with Crippen molar-refractivity contribution in [2.75, 3.05) is 6.61 Å². The van der Waals surface area contributed by atoms with E-state index in [1.54, 1.807) is 0 Å². The smallest absolute Gasteiger partial charge is 0.287 e. The summed E-state index contributed by atoms with van der Waals surface area (Å²) in [5.74, 6) is -0.519. The summed E-state index contributed by atoms with van der Waals surface area (Å²) in [4.78, 5) is 31.4. The molecular formula is C18H20N6O3. The van der Waals surface area contributed by atoms with Crippen molar-refractivity contribution in [2.24, 2.45) is 0 Å². The van der Waals surface area contributed by atoms with Gasteiger partial charge in [0.1, 0.15) is 0 Å². The van der Waals surface area contributed by atoms with Gasteiger partial charge in [-0.1, -0.05) is 35.0 Å². The van der Waals surface area contributed by atoms with E-state index < -0.39 is 11.5 Å². The SMILES string of the molecule is Cc1ccc(CNC(=O)c2nc3c(nnn3CC3CCCO3)c(=O)[nH]2)cc1. The molecule has 0 radical (unpaired) electrons. The van der Waals surface area contributed by atoms with E-state index in [4.69, 9.17) is 4.74 Å². The first-order valence-corrected chi connectivity index (χ1v) is 8.89. The second kappa shape index (κ2) is 7.28. The lowest BCUT2D eigenvalue weighted by Crippen LogP contribution is -2.28. The number of aryl methyl sites for hydroxylation is 1. The second-order valence-corrected chi connectivity index (χ2v) is 6.66. The van der Waals surface area contributed by atoms with Gasteiger partial charge < -0.3 is 15.0 Å². The van der Waals surface area contributed by atoms with E-state index in [0.29, 0.717) is 13.1 Å². The van der Waals surface area contributed by atoms with Crippen LogP contribution >= 0.6 is 0 Å². The van der Waals surface area contributed by atoms with Crippen LogP contribution < -0.4 is 10.9 Å². The van der Waals surface area contributed by atoms with Crippen molar-refractivity contribution in [3.63, 3.8) is 0 Å². The van der Waals surface area contributed by atoms with Crippen LogP contribution in [0.4, 0.5) is 0 Å². The van der Waals surface area contributed by atoms with Gasteiger partial charge in [-0.05, 0) is 25.3 Å².